The highest BCUT2D eigenvalue weighted by molar-refractivity contribution is 7.93. The lowest BCUT2D eigenvalue weighted by Gasteiger charge is -2.32. The molecule has 140 valence electrons. The molecule has 0 aliphatic carbocycles. The zero-order chi connectivity index (χ0) is 18.9. The van der Waals surface area contributed by atoms with Gasteiger partial charge < -0.3 is 9.30 Å². The van der Waals surface area contributed by atoms with E-state index in [1.54, 1.807) is 39.8 Å². The number of sulfonamides is 1. The van der Waals surface area contributed by atoms with Gasteiger partial charge in [-0.05, 0) is 37.1 Å². The molecular formula is C19H20N4O3S. The maximum atomic E-state index is 12.8. The van der Waals surface area contributed by atoms with Crippen LogP contribution < -0.4 is 4.72 Å². The van der Waals surface area contributed by atoms with Crippen molar-refractivity contribution in [2.75, 3.05) is 17.8 Å². The summed E-state index contributed by atoms with van der Waals surface area (Å²) in [5.41, 5.74) is 1.55. The normalized spacial score (nSPS) is 17.8. The number of nitrogens with one attached hydrogen (secondary N) is 1. The smallest absolute Gasteiger partial charge is 0.274 e. The molecule has 0 spiro atoms. The first-order valence-corrected chi connectivity index (χ1v) is 10.4. The van der Waals surface area contributed by atoms with Gasteiger partial charge in [0.1, 0.15) is 11.3 Å². The Balaban J connectivity index is 1.51. The quantitative estimate of drug-likeness (QED) is 0.749. The topological polar surface area (TPSA) is 83.8 Å². The van der Waals surface area contributed by atoms with E-state index in [1.165, 1.54) is 0 Å². The average molecular weight is 384 g/mol. The van der Waals surface area contributed by atoms with Gasteiger partial charge in [-0.3, -0.25) is 9.52 Å². The van der Waals surface area contributed by atoms with Crippen LogP contribution in [0.5, 0.6) is 0 Å². The Hall–Kier alpha value is -2.87. The van der Waals surface area contributed by atoms with Crippen LogP contribution in [-0.4, -0.2) is 46.9 Å². The summed E-state index contributed by atoms with van der Waals surface area (Å²) in [6.45, 7) is 0.693. The Bertz CT molecular complexity index is 1030. The number of amides is 1. The van der Waals surface area contributed by atoms with E-state index < -0.39 is 15.3 Å². The molecule has 1 aliphatic rings. The Kier molecular flexibility index (Phi) is 4.57. The molecule has 1 aliphatic heterocycles. The fourth-order valence-electron chi connectivity index (χ4n) is 3.33. The number of pyridine rings is 1. The zero-order valence-electron chi connectivity index (χ0n) is 14.7. The summed E-state index contributed by atoms with van der Waals surface area (Å²) in [6, 6.07) is 14.3. The standard InChI is InChI=1S/C19H20N4O3S/c24-19(17-14-22-11-5-4-10-18(22)20-17)23-12-6-9-16(13-23)27(25,26)21-15-7-2-1-3-8-15/h1-5,7-8,10-11,14,16,21H,6,9,12-13H2. The molecule has 1 N–H and O–H groups in total. The van der Waals surface area contributed by atoms with Gasteiger partial charge in [0, 0.05) is 31.2 Å². The predicted molar refractivity (Wildman–Crippen MR) is 103 cm³/mol. The van der Waals surface area contributed by atoms with Crippen LogP contribution in [0.3, 0.4) is 0 Å². The fraction of sp³-hybridized carbons (Fsp3) is 0.263. The number of hydrogen-bond acceptors (Lipinski definition) is 4. The number of anilines is 1. The Morgan fingerprint density at radius 3 is 2.67 bits per heavy atom. The molecule has 1 atom stereocenters. The number of carbonyl (C=O) groups is 1. The van der Waals surface area contributed by atoms with Crippen molar-refractivity contribution >= 4 is 27.3 Å². The third kappa shape index (κ3) is 3.66. The minimum absolute atomic E-state index is 0.162. The van der Waals surface area contributed by atoms with Crippen LogP contribution in [0.4, 0.5) is 5.69 Å². The molecule has 0 radical (unpaired) electrons. The minimum Gasteiger partial charge on any atom is -0.336 e. The number of carbonyl (C=O) groups excluding carboxylic acids is 1. The van der Waals surface area contributed by atoms with Crippen molar-refractivity contribution in [2.24, 2.45) is 0 Å². The van der Waals surface area contributed by atoms with Gasteiger partial charge in [-0.2, -0.15) is 0 Å². The number of piperidine rings is 1. The largest absolute Gasteiger partial charge is 0.336 e. The molecule has 4 rings (SSSR count). The first-order valence-electron chi connectivity index (χ1n) is 8.83. The van der Waals surface area contributed by atoms with Crippen LogP contribution in [-0.2, 0) is 10.0 Å². The summed E-state index contributed by atoms with van der Waals surface area (Å²) in [6.07, 6.45) is 4.67. The maximum absolute atomic E-state index is 12.8. The van der Waals surface area contributed by atoms with Crippen molar-refractivity contribution in [1.29, 1.82) is 0 Å². The molecule has 1 fully saturated rings. The zero-order valence-corrected chi connectivity index (χ0v) is 15.5. The SMILES string of the molecule is O=C(c1cn2ccccc2n1)N1CCCC(S(=O)(=O)Nc2ccccc2)C1. The highest BCUT2D eigenvalue weighted by Crippen LogP contribution is 2.21. The monoisotopic (exact) mass is 384 g/mol. The van der Waals surface area contributed by atoms with E-state index in [-0.39, 0.29) is 12.5 Å². The number of benzene rings is 1. The lowest BCUT2D eigenvalue weighted by Crippen LogP contribution is -2.46. The number of aromatic nitrogens is 2. The molecule has 8 heteroatoms. The summed E-state index contributed by atoms with van der Waals surface area (Å²) < 4.78 is 29.9. The van der Waals surface area contributed by atoms with E-state index in [0.29, 0.717) is 36.4 Å². The third-order valence-electron chi connectivity index (χ3n) is 4.72. The minimum atomic E-state index is -3.58. The van der Waals surface area contributed by atoms with Crippen LogP contribution in [0.2, 0.25) is 0 Å². The van der Waals surface area contributed by atoms with E-state index in [1.807, 2.05) is 30.5 Å². The van der Waals surface area contributed by atoms with Crippen LogP contribution in [0, 0.1) is 0 Å². The van der Waals surface area contributed by atoms with E-state index in [4.69, 9.17) is 0 Å². The van der Waals surface area contributed by atoms with Gasteiger partial charge in [-0.25, -0.2) is 13.4 Å². The van der Waals surface area contributed by atoms with Gasteiger partial charge in [-0.1, -0.05) is 24.3 Å². The first-order chi connectivity index (χ1) is 13.0. The number of fused-ring (bicyclic) bond motifs is 1. The van der Waals surface area contributed by atoms with Gasteiger partial charge in [-0.15, -0.1) is 0 Å². The summed E-state index contributed by atoms with van der Waals surface area (Å²) in [5.74, 6) is -0.238. The molecular weight excluding hydrogens is 364 g/mol. The summed E-state index contributed by atoms with van der Waals surface area (Å²) in [4.78, 5) is 18.8. The second kappa shape index (κ2) is 7.03. The van der Waals surface area contributed by atoms with Gasteiger partial charge in [0.05, 0.1) is 5.25 Å². The number of para-hydroxylation sites is 1. The number of nitrogens with zero attached hydrogens (tertiary/aromatic N) is 3. The van der Waals surface area contributed by atoms with Crippen molar-refractivity contribution in [1.82, 2.24) is 14.3 Å². The Labute approximate surface area is 157 Å². The number of likely N-dealkylation sites (tertiary alicyclic amines) is 1. The highest BCUT2D eigenvalue weighted by atomic mass is 32.2. The van der Waals surface area contributed by atoms with Gasteiger partial charge in [0.2, 0.25) is 10.0 Å². The van der Waals surface area contributed by atoms with Crippen LogP contribution in [0.25, 0.3) is 5.65 Å². The molecule has 1 unspecified atom stereocenters. The molecule has 0 saturated carbocycles. The molecule has 7 nitrogen and oxygen atoms in total. The molecule has 27 heavy (non-hydrogen) atoms. The number of imidazole rings is 1. The van der Waals surface area contributed by atoms with Gasteiger partial charge in [0.25, 0.3) is 5.91 Å². The lowest BCUT2D eigenvalue weighted by molar-refractivity contribution is 0.0722. The predicted octanol–water partition coefficient (Wildman–Crippen LogP) is 2.38. The van der Waals surface area contributed by atoms with E-state index in [0.717, 1.165) is 0 Å². The van der Waals surface area contributed by atoms with Crippen molar-refractivity contribution in [3.8, 4) is 0 Å². The summed E-state index contributed by atoms with van der Waals surface area (Å²) >= 11 is 0. The Morgan fingerprint density at radius 1 is 1.11 bits per heavy atom. The molecule has 3 aromatic rings. The Morgan fingerprint density at radius 2 is 1.89 bits per heavy atom. The van der Waals surface area contributed by atoms with Crippen molar-refractivity contribution in [3.63, 3.8) is 0 Å². The number of hydrogen-bond donors (Lipinski definition) is 1. The second-order valence-corrected chi connectivity index (χ2v) is 8.58. The van der Waals surface area contributed by atoms with Gasteiger partial charge in [0.15, 0.2) is 0 Å². The summed E-state index contributed by atoms with van der Waals surface area (Å²) in [7, 11) is -3.58. The molecule has 0 bridgehead atoms. The maximum Gasteiger partial charge on any atom is 0.274 e. The average Bonchev–Trinajstić information content (AvgIpc) is 3.12. The highest BCUT2D eigenvalue weighted by Gasteiger charge is 2.33. The summed E-state index contributed by atoms with van der Waals surface area (Å²) in [5, 5.41) is -0.646. The molecule has 1 aromatic carbocycles. The van der Waals surface area contributed by atoms with Crippen molar-refractivity contribution in [3.05, 3.63) is 66.6 Å². The van der Waals surface area contributed by atoms with Gasteiger partial charge >= 0.3 is 0 Å². The number of rotatable bonds is 4. The van der Waals surface area contributed by atoms with Crippen molar-refractivity contribution < 1.29 is 13.2 Å². The molecule has 1 saturated heterocycles. The second-order valence-electron chi connectivity index (χ2n) is 6.62. The van der Waals surface area contributed by atoms with Crippen molar-refractivity contribution in [2.45, 2.75) is 18.1 Å². The third-order valence-corrected chi connectivity index (χ3v) is 6.50. The first kappa shape index (κ1) is 17.5. The van der Waals surface area contributed by atoms with Crippen LogP contribution >= 0.6 is 0 Å². The van der Waals surface area contributed by atoms with Crippen LogP contribution in [0.15, 0.2) is 60.9 Å². The van der Waals surface area contributed by atoms with E-state index >= 15 is 0 Å². The van der Waals surface area contributed by atoms with Crippen LogP contribution in [0.1, 0.15) is 23.3 Å². The molecule has 3 heterocycles. The van der Waals surface area contributed by atoms with E-state index in [9.17, 15) is 13.2 Å². The lowest BCUT2D eigenvalue weighted by atomic mass is 10.1. The van der Waals surface area contributed by atoms with E-state index in [2.05, 4.69) is 9.71 Å². The molecule has 2 aromatic heterocycles. The molecule has 1 amide bonds. The fourth-order valence-corrected chi connectivity index (χ4v) is 4.81.